The second-order valence-corrected chi connectivity index (χ2v) is 4.89. The summed E-state index contributed by atoms with van der Waals surface area (Å²) >= 11 is 0. The fraction of sp³-hybridized carbons (Fsp3) is 0.833. The van der Waals surface area contributed by atoms with E-state index in [0.29, 0.717) is 12.3 Å². The topological polar surface area (TPSA) is 78.9 Å². The second-order valence-electron chi connectivity index (χ2n) is 4.89. The van der Waals surface area contributed by atoms with Crippen molar-refractivity contribution in [3.8, 4) is 0 Å². The number of carbonyl (C=O) groups is 1. The number of carbonyl (C=O) groups excluding carboxylic acids is 1. The Kier molecular flexibility index (Phi) is 4.78. The summed E-state index contributed by atoms with van der Waals surface area (Å²) in [6.45, 7) is 4.04. The second kappa shape index (κ2) is 5.89. The Morgan fingerprint density at radius 2 is 2.18 bits per heavy atom. The molecule has 1 aliphatic carbocycles. The first kappa shape index (κ1) is 13.8. The normalized spacial score (nSPS) is 19.8. The van der Waals surface area contributed by atoms with Crippen molar-refractivity contribution in [3.63, 3.8) is 0 Å². The van der Waals surface area contributed by atoms with Crippen LogP contribution in [0.15, 0.2) is 5.16 Å². The molecular weight excluding hydrogens is 218 g/mol. The molecule has 1 aliphatic rings. The van der Waals surface area contributed by atoms with Crippen LogP contribution in [0.1, 0.15) is 39.5 Å². The quantitative estimate of drug-likeness (QED) is 0.319. The van der Waals surface area contributed by atoms with E-state index in [2.05, 4.69) is 12.1 Å². The molecule has 2 unspecified atom stereocenters. The molecule has 0 bridgehead atoms. The number of hydrogen-bond acceptors (Lipinski definition) is 3. The van der Waals surface area contributed by atoms with Gasteiger partial charge in [0, 0.05) is 13.1 Å². The Labute approximate surface area is 103 Å². The van der Waals surface area contributed by atoms with Crippen LogP contribution in [0.4, 0.5) is 0 Å². The molecule has 1 rings (SSSR count). The summed E-state index contributed by atoms with van der Waals surface area (Å²) in [4.78, 5) is 14.0. The van der Waals surface area contributed by atoms with Crippen LogP contribution in [0.25, 0.3) is 0 Å². The van der Waals surface area contributed by atoms with E-state index < -0.39 is 5.92 Å². The third-order valence-electron chi connectivity index (χ3n) is 3.61. The summed E-state index contributed by atoms with van der Waals surface area (Å²) in [5.41, 5.74) is 5.59. The van der Waals surface area contributed by atoms with Gasteiger partial charge >= 0.3 is 0 Å². The van der Waals surface area contributed by atoms with E-state index in [0.717, 1.165) is 6.42 Å². The highest BCUT2D eigenvalue weighted by Crippen LogP contribution is 2.35. The van der Waals surface area contributed by atoms with E-state index in [-0.39, 0.29) is 17.8 Å². The van der Waals surface area contributed by atoms with Gasteiger partial charge in [-0.15, -0.1) is 0 Å². The van der Waals surface area contributed by atoms with Gasteiger partial charge in [-0.05, 0) is 32.1 Å². The lowest BCUT2D eigenvalue weighted by molar-refractivity contribution is -0.134. The molecule has 0 aromatic heterocycles. The standard InChI is InChI=1S/C12H23N3O2/c1-4-5-10(11(13)14-17)12(16)15(3)8(2)9-6-7-9/h8-10,17H,4-7H2,1-3H3,(H2,13,14). The molecule has 5 heteroatoms. The monoisotopic (exact) mass is 241 g/mol. The summed E-state index contributed by atoms with van der Waals surface area (Å²) < 4.78 is 0. The van der Waals surface area contributed by atoms with Crippen LogP contribution in [0.5, 0.6) is 0 Å². The fourth-order valence-electron chi connectivity index (χ4n) is 2.10. The zero-order valence-corrected chi connectivity index (χ0v) is 10.9. The average molecular weight is 241 g/mol. The number of hydrogen-bond donors (Lipinski definition) is 2. The molecule has 1 saturated carbocycles. The molecule has 0 aromatic rings. The van der Waals surface area contributed by atoms with Crippen molar-refractivity contribution in [1.82, 2.24) is 4.90 Å². The van der Waals surface area contributed by atoms with Gasteiger partial charge in [-0.25, -0.2) is 0 Å². The Morgan fingerprint density at radius 3 is 2.59 bits per heavy atom. The predicted molar refractivity (Wildman–Crippen MR) is 66.8 cm³/mol. The molecule has 5 nitrogen and oxygen atoms in total. The van der Waals surface area contributed by atoms with Crippen molar-refractivity contribution in [3.05, 3.63) is 0 Å². The van der Waals surface area contributed by atoms with E-state index in [9.17, 15) is 4.79 Å². The van der Waals surface area contributed by atoms with Crippen molar-refractivity contribution < 1.29 is 10.0 Å². The van der Waals surface area contributed by atoms with Crippen LogP contribution in [0.3, 0.4) is 0 Å². The molecule has 3 N–H and O–H groups in total. The maximum atomic E-state index is 12.3. The summed E-state index contributed by atoms with van der Waals surface area (Å²) in [7, 11) is 1.80. The number of amidine groups is 1. The molecule has 1 amide bonds. The average Bonchev–Trinajstić information content (AvgIpc) is 3.16. The van der Waals surface area contributed by atoms with Gasteiger partial charge in [-0.2, -0.15) is 0 Å². The fourth-order valence-corrected chi connectivity index (χ4v) is 2.10. The lowest BCUT2D eigenvalue weighted by Gasteiger charge is -2.28. The Hall–Kier alpha value is -1.26. The van der Waals surface area contributed by atoms with Crippen molar-refractivity contribution in [2.24, 2.45) is 22.7 Å². The van der Waals surface area contributed by atoms with Crippen LogP contribution >= 0.6 is 0 Å². The third-order valence-corrected chi connectivity index (χ3v) is 3.61. The van der Waals surface area contributed by atoms with Gasteiger partial charge in [0.1, 0.15) is 0 Å². The SMILES string of the molecule is CCCC(C(=O)N(C)C(C)C1CC1)/C(N)=N/O. The van der Waals surface area contributed by atoms with Crippen molar-refractivity contribution in [2.45, 2.75) is 45.6 Å². The van der Waals surface area contributed by atoms with Gasteiger partial charge in [0.2, 0.25) is 5.91 Å². The minimum absolute atomic E-state index is 0.0201. The van der Waals surface area contributed by atoms with E-state index in [1.165, 1.54) is 12.8 Å². The molecule has 0 heterocycles. The first-order chi connectivity index (χ1) is 8.02. The molecule has 98 valence electrons. The molecule has 0 aliphatic heterocycles. The highest BCUT2D eigenvalue weighted by atomic mass is 16.4. The zero-order valence-electron chi connectivity index (χ0n) is 10.9. The largest absolute Gasteiger partial charge is 0.409 e. The van der Waals surface area contributed by atoms with E-state index in [1.54, 1.807) is 11.9 Å². The Balaban J connectivity index is 2.68. The molecule has 2 atom stereocenters. The van der Waals surface area contributed by atoms with Crippen LogP contribution in [-0.2, 0) is 4.79 Å². The van der Waals surface area contributed by atoms with E-state index >= 15 is 0 Å². The number of nitrogens with zero attached hydrogens (tertiary/aromatic N) is 2. The predicted octanol–water partition coefficient (Wildman–Crippen LogP) is 1.41. The van der Waals surface area contributed by atoms with Gasteiger partial charge in [-0.1, -0.05) is 18.5 Å². The number of amides is 1. The highest BCUT2D eigenvalue weighted by molar-refractivity contribution is 6.02. The molecule has 17 heavy (non-hydrogen) atoms. The summed E-state index contributed by atoms with van der Waals surface area (Å²) in [5, 5.41) is 11.7. The van der Waals surface area contributed by atoms with Gasteiger partial charge in [-0.3, -0.25) is 4.79 Å². The molecule has 0 saturated heterocycles. The summed E-state index contributed by atoms with van der Waals surface area (Å²) in [6, 6.07) is 0.244. The van der Waals surface area contributed by atoms with Gasteiger partial charge in [0.25, 0.3) is 0 Å². The maximum absolute atomic E-state index is 12.3. The molecule has 0 spiro atoms. The molecule has 0 radical (unpaired) electrons. The number of rotatable bonds is 6. The van der Waals surface area contributed by atoms with Gasteiger partial charge in [0.05, 0.1) is 5.92 Å². The highest BCUT2D eigenvalue weighted by Gasteiger charge is 2.35. The lowest BCUT2D eigenvalue weighted by Crippen LogP contribution is -2.44. The van der Waals surface area contributed by atoms with Gasteiger partial charge in [0.15, 0.2) is 5.84 Å². The Morgan fingerprint density at radius 1 is 1.59 bits per heavy atom. The first-order valence-corrected chi connectivity index (χ1v) is 6.27. The van der Waals surface area contributed by atoms with Crippen LogP contribution in [-0.4, -0.2) is 34.9 Å². The third kappa shape index (κ3) is 3.35. The minimum Gasteiger partial charge on any atom is -0.409 e. The van der Waals surface area contributed by atoms with Crippen LogP contribution < -0.4 is 5.73 Å². The van der Waals surface area contributed by atoms with Crippen LogP contribution in [0, 0.1) is 11.8 Å². The smallest absolute Gasteiger partial charge is 0.233 e. The number of nitrogens with two attached hydrogens (primary N) is 1. The van der Waals surface area contributed by atoms with E-state index in [1.807, 2.05) is 6.92 Å². The van der Waals surface area contributed by atoms with E-state index in [4.69, 9.17) is 10.9 Å². The van der Waals surface area contributed by atoms with Crippen LogP contribution in [0.2, 0.25) is 0 Å². The maximum Gasteiger partial charge on any atom is 0.233 e. The summed E-state index contributed by atoms with van der Waals surface area (Å²) in [6.07, 6.45) is 3.84. The Bertz CT molecular complexity index is 300. The molecule has 0 aromatic carbocycles. The molecule has 1 fully saturated rings. The zero-order chi connectivity index (χ0) is 13.0. The minimum atomic E-state index is -0.490. The summed E-state index contributed by atoms with van der Waals surface area (Å²) in [5.74, 6) is 0.114. The van der Waals surface area contributed by atoms with Crippen molar-refractivity contribution in [2.75, 3.05) is 7.05 Å². The van der Waals surface area contributed by atoms with Crippen molar-refractivity contribution >= 4 is 11.7 Å². The van der Waals surface area contributed by atoms with Crippen molar-refractivity contribution in [1.29, 1.82) is 0 Å². The lowest BCUT2D eigenvalue weighted by atomic mass is 9.99. The first-order valence-electron chi connectivity index (χ1n) is 6.27. The number of oxime groups is 1. The van der Waals surface area contributed by atoms with Gasteiger partial charge < -0.3 is 15.8 Å². The molecular formula is C12H23N3O2.